The molecule has 0 unspecified atom stereocenters. The largest absolute Gasteiger partial charge is 0.454 e. The fourth-order valence-corrected chi connectivity index (χ4v) is 9.63. The number of pyridine rings is 2. The molecule has 0 saturated heterocycles. The Bertz CT molecular complexity index is 3530. The Morgan fingerprint density at radius 1 is 0.552 bits per heavy atom. The molecule has 12 heteroatoms. The van der Waals surface area contributed by atoms with Crippen molar-refractivity contribution in [1.82, 2.24) is 29.3 Å². The molecule has 0 radical (unpaired) electrons. The Labute approximate surface area is 385 Å². The van der Waals surface area contributed by atoms with E-state index in [1.165, 1.54) is 12.7 Å². The Kier molecular flexibility index (Phi) is 10.3. The number of H-pyrrole nitrogens is 1. The first kappa shape index (κ1) is 41.8. The molecule has 12 nitrogen and oxygen atoms in total. The summed E-state index contributed by atoms with van der Waals surface area (Å²) in [5, 5.41) is 8.19. The number of nitrogens with one attached hydrogen (secondary N) is 1. The standard InChI is InChI=1S/C28H24N4O2.C27H24N4O2/c1-32-16-22(20-14-30-17-31-15-20)26-24(27(32)33)23(18-6-3-2-4-7-18)25(34-26)19-8-10-21(11-9-19)28(29)12-5-13-28;1-31-16-20(21-12-15-29-30-21)25-23(26(31)32)22(17-6-3-2-4-7-17)24(33-25)18-8-10-19(11-9-18)27(28)13-5-14-27/h2-4,6-11,14-17H,5,12-13,29H2,1H3;2-4,6-12,15-16H,5,13-14,28H2,1H3,(H,29,30). The van der Waals surface area contributed by atoms with Gasteiger partial charge in [-0.15, -0.1) is 0 Å². The Morgan fingerprint density at radius 2 is 1.00 bits per heavy atom. The number of furan rings is 2. The van der Waals surface area contributed by atoms with Gasteiger partial charge in [-0.1, -0.05) is 109 Å². The molecule has 2 fully saturated rings. The van der Waals surface area contributed by atoms with Crippen LogP contribution in [0.2, 0.25) is 0 Å². The minimum atomic E-state index is -0.231. The predicted molar refractivity (Wildman–Crippen MR) is 263 cm³/mol. The van der Waals surface area contributed by atoms with Crippen molar-refractivity contribution in [3.05, 3.63) is 184 Å². The fraction of sp³-hybridized carbons (Fsp3) is 0.182. The molecule has 332 valence electrons. The van der Waals surface area contributed by atoms with Crippen molar-refractivity contribution >= 4 is 21.9 Å². The van der Waals surface area contributed by atoms with Crippen LogP contribution in [0.5, 0.6) is 0 Å². The van der Waals surface area contributed by atoms with Crippen LogP contribution in [0.1, 0.15) is 49.7 Å². The topological polar surface area (TPSA) is 177 Å². The summed E-state index contributed by atoms with van der Waals surface area (Å²) in [4.78, 5) is 35.1. The van der Waals surface area contributed by atoms with Gasteiger partial charge >= 0.3 is 0 Å². The minimum Gasteiger partial charge on any atom is -0.454 e. The van der Waals surface area contributed by atoms with Crippen LogP contribution in [-0.4, -0.2) is 29.3 Å². The second-order valence-corrected chi connectivity index (χ2v) is 17.9. The monoisotopic (exact) mass is 884 g/mol. The summed E-state index contributed by atoms with van der Waals surface area (Å²) in [6.45, 7) is 0. The van der Waals surface area contributed by atoms with Crippen molar-refractivity contribution in [2.45, 2.75) is 49.6 Å². The minimum absolute atomic E-state index is 0.103. The lowest BCUT2D eigenvalue weighted by atomic mass is 9.72. The molecular formula is C55H48N8O4. The van der Waals surface area contributed by atoms with Crippen LogP contribution < -0.4 is 22.6 Å². The maximum atomic E-state index is 13.4. The van der Waals surface area contributed by atoms with Gasteiger partial charge < -0.3 is 29.4 Å². The zero-order chi connectivity index (χ0) is 45.9. The van der Waals surface area contributed by atoms with Crippen LogP contribution in [0.15, 0.2) is 171 Å². The lowest BCUT2D eigenvalue weighted by Gasteiger charge is -2.38. The van der Waals surface area contributed by atoms with E-state index in [9.17, 15) is 9.59 Å². The summed E-state index contributed by atoms with van der Waals surface area (Å²) in [6.07, 6.45) is 16.6. The van der Waals surface area contributed by atoms with E-state index in [-0.39, 0.29) is 22.2 Å². The van der Waals surface area contributed by atoms with Crippen LogP contribution in [-0.2, 0) is 25.2 Å². The summed E-state index contributed by atoms with van der Waals surface area (Å²) in [6, 6.07) is 38.2. The number of hydrogen-bond donors (Lipinski definition) is 3. The molecule has 10 aromatic rings. The van der Waals surface area contributed by atoms with Gasteiger partial charge in [0, 0.05) is 89.5 Å². The lowest BCUT2D eigenvalue weighted by Crippen LogP contribution is -2.43. The Hall–Kier alpha value is -7.93. The first-order valence-electron chi connectivity index (χ1n) is 22.6. The van der Waals surface area contributed by atoms with Crippen molar-refractivity contribution in [3.63, 3.8) is 0 Å². The number of fused-ring (bicyclic) bond motifs is 2. The van der Waals surface area contributed by atoms with E-state index in [2.05, 4.69) is 44.4 Å². The van der Waals surface area contributed by atoms with Crippen LogP contribution in [0.3, 0.4) is 0 Å². The normalized spacial score (nSPS) is 14.9. The first-order chi connectivity index (χ1) is 32.6. The highest BCUT2D eigenvalue weighted by Crippen LogP contribution is 2.46. The molecule has 4 aromatic carbocycles. The Morgan fingerprint density at radius 3 is 1.42 bits per heavy atom. The molecule has 6 aromatic heterocycles. The smallest absolute Gasteiger partial charge is 0.262 e. The van der Waals surface area contributed by atoms with Gasteiger partial charge in [0.2, 0.25) is 0 Å². The van der Waals surface area contributed by atoms with E-state index in [1.54, 1.807) is 54.2 Å². The van der Waals surface area contributed by atoms with Crippen LogP contribution in [0.25, 0.3) is 89.2 Å². The maximum Gasteiger partial charge on any atom is 0.262 e. The van der Waals surface area contributed by atoms with Gasteiger partial charge in [0.25, 0.3) is 11.1 Å². The Balaban J connectivity index is 0.000000148. The van der Waals surface area contributed by atoms with E-state index in [0.29, 0.717) is 33.5 Å². The fourth-order valence-electron chi connectivity index (χ4n) is 9.63. The van der Waals surface area contributed by atoms with Crippen molar-refractivity contribution in [2.24, 2.45) is 25.6 Å². The number of nitrogens with zero attached hydrogens (tertiary/aromatic N) is 5. The molecule has 0 bridgehead atoms. The predicted octanol–water partition coefficient (Wildman–Crippen LogP) is 10.5. The van der Waals surface area contributed by atoms with E-state index in [1.807, 2.05) is 91.0 Å². The van der Waals surface area contributed by atoms with Gasteiger partial charge in [-0.2, -0.15) is 5.10 Å². The van der Waals surface area contributed by atoms with Crippen LogP contribution in [0, 0.1) is 0 Å². The van der Waals surface area contributed by atoms with Crippen LogP contribution >= 0.6 is 0 Å². The first-order valence-corrected chi connectivity index (χ1v) is 22.6. The molecule has 5 N–H and O–H groups in total. The molecule has 0 aliphatic heterocycles. The number of aromatic amines is 1. The van der Waals surface area contributed by atoms with Crippen molar-refractivity contribution in [2.75, 3.05) is 0 Å². The van der Waals surface area contributed by atoms with E-state index in [4.69, 9.17) is 20.3 Å². The van der Waals surface area contributed by atoms with Gasteiger partial charge in [-0.3, -0.25) is 14.7 Å². The van der Waals surface area contributed by atoms with E-state index >= 15 is 0 Å². The summed E-state index contributed by atoms with van der Waals surface area (Å²) in [5.74, 6) is 1.33. The van der Waals surface area contributed by atoms with E-state index < -0.39 is 0 Å². The molecule has 2 aliphatic carbocycles. The number of aromatic nitrogens is 6. The van der Waals surface area contributed by atoms with Crippen molar-refractivity contribution < 1.29 is 8.83 Å². The highest BCUT2D eigenvalue weighted by molar-refractivity contribution is 6.07. The zero-order valence-corrected chi connectivity index (χ0v) is 37.2. The van der Waals surface area contributed by atoms with Gasteiger partial charge in [-0.25, -0.2) is 9.97 Å². The molecule has 0 amide bonds. The third-order valence-corrected chi connectivity index (χ3v) is 13.7. The number of rotatable bonds is 8. The average molecular weight is 885 g/mol. The molecular weight excluding hydrogens is 837 g/mol. The van der Waals surface area contributed by atoms with Gasteiger partial charge in [0.1, 0.15) is 23.4 Å². The van der Waals surface area contributed by atoms with Crippen LogP contribution in [0.4, 0.5) is 0 Å². The SMILES string of the molecule is Cn1cc(-c2ccn[nH]2)c2oc(-c3ccc(C4(N)CCC4)cc3)c(-c3ccccc3)c2c1=O.Cn1cc(-c2cncnc2)c2oc(-c3ccc(C4(N)CCC4)cc3)c(-c3ccccc3)c2c1=O. The van der Waals surface area contributed by atoms with E-state index in [0.717, 1.165) is 99.0 Å². The number of benzene rings is 4. The highest BCUT2D eigenvalue weighted by atomic mass is 16.3. The highest BCUT2D eigenvalue weighted by Gasteiger charge is 2.35. The summed E-state index contributed by atoms with van der Waals surface area (Å²) in [7, 11) is 3.52. The van der Waals surface area contributed by atoms with Crippen molar-refractivity contribution in [3.8, 4) is 67.3 Å². The number of hydrogen-bond acceptors (Lipinski definition) is 9. The summed E-state index contributed by atoms with van der Waals surface area (Å²) in [5.41, 5.74) is 24.2. The van der Waals surface area contributed by atoms with Gasteiger partial charge in [-0.05, 0) is 66.8 Å². The lowest BCUT2D eigenvalue weighted by molar-refractivity contribution is 0.253. The second-order valence-electron chi connectivity index (χ2n) is 17.9. The quantitative estimate of drug-likeness (QED) is 0.134. The third-order valence-electron chi connectivity index (χ3n) is 13.7. The molecule has 67 heavy (non-hydrogen) atoms. The molecule has 12 rings (SSSR count). The zero-order valence-electron chi connectivity index (χ0n) is 37.2. The average Bonchev–Trinajstić information content (AvgIpc) is 4.13. The molecule has 2 saturated carbocycles. The van der Waals surface area contributed by atoms with Crippen molar-refractivity contribution in [1.29, 1.82) is 0 Å². The van der Waals surface area contributed by atoms with Gasteiger partial charge in [0.15, 0.2) is 5.58 Å². The summed E-state index contributed by atoms with van der Waals surface area (Å²) < 4.78 is 16.2. The molecule has 6 heterocycles. The molecule has 0 spiro atoms. The van der Waals surface area contributed by atoms with Gasteiger partial charge in [0.05, 0.1) is 22.0 Å². The molecule has 2 aliphatic rings. The maximum absolute atomic E-state index is 13.4. The number of aryl methyl sites for hydroxylation is 2. The third kappa shape index (κ3) is 7.22. The summed E-state index contributed by atoms with van der Waals surface area (Å²) >= 11 is 0. The second kappa shape index (κ2) is 16.5. The number of nitrogens with two attached hydrogens (primary N) is 2. The molecule has 0 atom stereocenters.